The molecule has 1 heterocycles. The Kier molecular flexibility index (Phi) is 6.95. The summed E-state index contributed by atoms with van der Waals surface area (Å²) in [4.78, 5) is 22.1. The summed E-state index contributed by atoms with van der Waals surface area (Å²) in [7, 11) is -0.506. The molecule has 1 aliphatic rings. The minimum absolute atomic E-state index is 0.0430. The second-order valence-corrected chi connectivity index (χ2v) is 8.88. The number of hydrogen-bond donors (Lipinski definition) is 1. The Hall–Kier alpha value is -1.57. The highest BCUT2D eigenvalue weighted by Gasteiger charge is 2.52. The summed E-state index contributed by atoms with van der Waals surface area (Å²) < 4.78 is 12.3. The van der Waals surface area contributed by atoms with Gasteiger partial charge in [0.25, 0.3) is 0 Å². The average Bonchev–Trinajstić information content (AvgIpc) is 2.78. The van der Waals surface area contributed by atoms with Crippen LogP contribution in [0.3, 0.4) is 0 Å². The molecular formula is C20H27BO5S. The van der Waals surface area contributed by atoms with E-state index in [2.05, 4.69) is 0 Å². The number of carbonyl (C=O) groups is 2. The molecule has 1 aromatic rings. The van der Waals surface area contributed by atoms with Crippen molar-refractivity contribution in [1.82, 2.24) is 0 Å². The number of carboxylic acid groups (broad SMARTS) is 1. The molecule has 1 aliphatic heterocycles. The van der Waals surface area contributed by atoms with Gasteiger partial charge in [-0.25, -0.2) is 0 Å². The topological polar surface area (TPSA) is 72.8 Å². The van der Waals surface area contributed by atoms with E-state index in [4.69, 9.17) is 14.4 Å². The fourth-order valence-corrected chi connectivity index (χ4v) is 3.19. The van der Waals surface area contributed by atoms with E-state index in [1.54, 1.807) is 6.92 Å². The molecule has 27 heavy (non-hydrogen) atoms. The molecular weight excluding hydrogens is 363 g/mol. The molecule has 5 nitrogen and oxygen atoms in total. The Balaban J connectivity index is 2.21. The van der Waals surface area contributed by atoms with Crippen molar-refractivity contribution < 1.29 is 24.0 Å². The van der Waals surface area contributed by atoms with Crippen LogP contribution in [0.1, 0.15) is 52.2 Å². The Bertz CT molecular complexity index is 708. The number of carboxylic acids is 1. The number of carbonyl (C=O) groups excluding carboxylic acids is 1. The van der Waals surface area contributed by atoms with Gasteiger partial charge in [-0.05, 0) is 50.7 Å². The first kappa shape index (κ1) is 21.7. The summed E-state index contributed by atoms with van der Waals surface area (Å²) >= 11 is 1.23. The van der Waals surface area contributed by atoms with Gasteiger partial charge >= 0.3 is 13.1 Å². The summed E-state index contributed by atoms with van der Waals surface area (Å²) in [6.45, 7) is 9.55. The van der Waals surface area contributed by atoms with Gasteiger partial charge < -0.3 is 14.4 Å². The fraction of sp³-hybridized carbons (Fsp3) is 0.500. The largest absolute Gasteiger partial charge is 0.491 e. The molecule has 0 aliphatic carbocycles. The summed E-state index contributed by atoms with van der Waals surface area (Å²) in [5.74, 6) is -0.310. The predicted octanol–water partition coefficient (Wildman–Crippen LogP) is 4.00. The van der Waals surface area contributed by atoms with Crippen LogP contribution in [0.4, 0.5) is 0 Å². The molecule has 0 atom stereocenters. The lowest BCUT2D eigenvalue weighted by atomic mass is 9.78. The fourth-order valence-electron chi connectivity index (χ4n) is 2.60. The van der Waals surface area contributed by atoms with Crippen molar-refractivity contribution in [3.05, 3.63) is 40.9 Å². The molecule has 1 saturated heterocycles. The standard InChI is InChI=1S/C20H27BO5S/c1-14(22)27-13-17(21-25-19(2,3)20(4,5)26-21)12-16-8-6-15(7-9-16)10-11-18(23)24/h6-9,12H,10-11,13H2,1-5H3,(H,23,24). The maximum atomic E-state index is 11.4. The van der Waals surface area contributed by atoms with Gasteiger partial charge in [-0.1, -0.05) is 42.1 Å². The predicted molar refractivity (Wildman–Crippen MR) is 110 cm³/mol. The smallest absolute Gasteiger partial charge is 0.481 e. The SMILES string of the molecule is CC(=O)SCC(=Cc1ccc(CCC(=O)O)cc1)B1OC(C)(C)C(C)(C)O1. The summed E-state index contributed by atoms with van der Waals surface area (Å²) in [6, 6.07) is 7.74. The number of thioether (sulfide) groups is 1. The molecule has 0 aromatic heterocycles. The minimum Gasteiger partial charge on any atom is -0.481 e. The van der Waals surface area contributed by atoms with Gasteiger partial charge in [-0.15, -0.1) is 0 Å². The zero-order valence-corrected chi connectivity index (χ0v) is 17.4. The van der Waals surface area contributed by atoms with Gasteiger partial charge in [0.15, 0.2) is 5.12 Å². The van der Waals surface area contributed by atoms with Crippen LogP contribution in [-0.4, -0.2) is 40.3 Å². The molecule has 1 N–H and O–H groups in total. The Labute approximate surface area is 165 Å². The number of aliphatic carboxylic acids is 1. The van der Waals surface area contributed by atoms with Crippen LogP contribution in [-0.2, 0) is 25.3 Å². The van der Waals surface area contributed by atoms with Crippen molar-refractivity contribution in [2.75, 3.05) is 5.75 Å². The van der Waals surface area contributed by atoms with Crippen molar-refractivity contribution in [2.45, 2.75) is 58.7 Å². The van der Waals surface area contributed by atoms with E-state index in [0.717, 1.165) is 16.6 Å². The van der Waals surface area contributed by atoms with E-state index < -0.39 is 24.3 Å². The minimum atomic E-state index is -0.803. The van der Waals surface area contributed by atoms with E-state index in [0.29, 0.717) is 12.2 Å². The lowest BCUT2D eigenvalue weighted by molar-refractivity contribution is -0.137. The van der Waals surface area contributed by atoms with Crippen molar-refractivity contribution in [1.29, 1.82) is 0 Å². The lowest BCUT2D eigenvalue weighted by Crippen LogP contribution is -2.41. The third-order valence-corrected chi connectivity index (χ3v) is 5.84. The highest BCUT2D eigenvalue weighted by Crippen LogP contribution is 2.39. The van der Waals surface area contributed by atoms with Crippen LogP contribution in [0, 0.1) is 0 Å². The highest BCUT2D eigenvalue weighted by molar-refractivity contribution is 8.13. The van der Waals surface area contributed by atoms with E-state index in [-0.39, 0.29) is 11.5 Å². The maximum absolute atomic E-state index is 11.4. The first-order valence-corrected chi connectivity index (χ1v) is 9.99. The molecule has 0 spiro atoms. The van der Waals surface area contributed by atoms with Gasteiger partial charge in [0.05, 0.1) is 11.2 Å². The molecule has 0 unspecified atom stereocenters. The van der Waals surface area contributed by atoms with E-state index >= 15 is 0 Å². The third-order valence-electron chi connectivity index (χ3n) is 4.96. The number of benzene rings is 1. The molecule has 2 rings (SSSR count). The summed E-state index contributed by atoms with van der Waals surface area (Å²) in [6.07, 6.45) is 2.60. The van der Waals surface area contributed by atoms with Crippen LogP contribution in [0.15, 0.2) is 29.7 Å². The summed E-state index contributed by atoms with van der Waals surface area (Å²) in [5.41, 5.74) is 1.94. The van der Waals surface area contributed by atoms with Crippen LogP contribution in [0.5, 0.6) is 0 Å². The molecule has 146 valence electrons. The van der Waals surface area contributed by atoms with E-state index in [9.17, 15) is 9.59 Å². The second kappa shape index (κ2) is 8.63. The lowest BCUT2D eigenvalue weighted by Gasteiger charge is -2.32. The monoisotopic (exact) mass is 390 g/mol. The average molecular weight is 390 g/mol. The number of aryl methyl sites for hydroxylation is 1. The van der Waals surface area contributed by atoms with Gasteiger partial charge in [0.2, 0.25) is 0 Å². The third kappa shape index (κ3) is 5.96. The van der Waals surface area contributed by atoms with E-state index in [1.807, 2.05) is 58.0 Å². The number of hydrogen-bond acceptors (Lipinski definition) is 5. The summed E-state index contributed by atoms with van der Waals surface area (Å²) in [5, 5.41) is 8.83. The van der Waals surface area contributed by atoms with Gasteiger partial charge in [0.1, 0.15) is 0 Å². The highest BCUT2D eigenvalue weighted by atomic mass is 32.2. The number of rotatable bonds is 7. The first-order valence-electron chi connectivity index (χ1n) is 9.00. The van der Waals surface area contributed by atoms with E-state index in [1.165, 1.54) is 11.8 Å². The molecule has 1 aromatic carbocycles. The Morgan fingerprint density at radius 3 is 2.15 bits per heavy atom. The second-order valence-electron chi connectivity index (χ2n) is 7.72. The van der Waals surface area contributed by atoms with Crippen LogP contribution in [0.25, 0.3) is 6.08 Å². The Morgan fingerprint density at radius 1 is 1.11 bits per heavy atom. The van der Waals surface area contributed by atoms with Crippen LogP contribution < -0.4 is 0 Å². The zero-order valence-electron chi connectivity index (χ0n) is 16.6. The zero-order chi connectivity index (χ0) is 20.2. The van der Waals surface area contributed by atoms with Crippen molar-refractivity contribution in [3.8, 4) is 0 Å². The van der Waals surface area contributed by atoms with Gasteiger partial charge in [-0.3, -0.25) is 9.59 Å². The molecule has 1 fully saturated rings. The quantitative estimate of drug-likeness (QED) is 0.710. The molecule has 7 heteroatoms. The molecule has 0 radical (unpaired) electrons. The molecule has 0 saturated carbocycles. The maximum Gasteiger partial charge on any atom is 0.491 e. The Morgan fingerprint density at radius 2 is 1.67 bits per heavy atom. The first-order chi connectivity index (χ1) is 12.5. The van der Waals surface area contributed by atoms with Crippen molar-refractivity contribution in [2.24, 2.45) is 0 Å². The van der Waals surface area contributed by atoms with Crippen LogP contribution in [0.2, 0.25) is 0 Å². The van der Waals surface area contributed by atoms with Gasteiger partial charge in [-0.2, -0.15) is 0 Å². The van der Waals surface area contributed by atoms with Crippen molar-refractivity contribution >= 4 is 36.0 Å². The molecule has 0 bridgehead atoms. The molecule has 0 amide bonds. The van der Waals surface area contributed by atoms with Crippen LogP contribution >= 0.6 is 11.8 Å². The normalized spacial score (nSPS) is 18.6. The van der Waals surface area contributed by atoms with Crippen molar-refractivity contribution in [3.63, 3.8) is 0 Å². The van der Waals surface area contributed by atoms with Gasteiger partial charge in [0, 0.05) is 19.1 Å².